The Hall–Kier alpha value is -0.430. The zero-order valence-corrected chi connectivity index (χ0v) is 11.7. The predicted molar refractivity (Wildman–Crippen MR) is 71.4 cm³/mol. The fourth-order valence-electron chi connectivity index (χ4n) is 1.65. The molecule has 0 fully saturated rings. The molecule has 0 aliphatic heterocycles. The highest BCUT2D eigenvalue weighted by Gasteiger charge is 2.41. The van der Waals surface area contributed by atoms with Crippen molar-refractivity contribution in [3.8, 4) is 0 Å². The molecule has 0 amide bonds. The van der Waals surface area contributed by atoms with Gasteiger partial charge in [0.2, 0.25) is 0 Å². The van der Waals surface area contributed by atoms with E-state index in [4.69, 9.17) is 9.05 Å². The molecule has 0 atom stereocenters. The van der Waals surface area contributed by atoms with Crippen molar-refractivity contribution < 1.29 is 9.05 Å². The molecule has 0 unspecified atom stereocenters. The zero-order chi connectivity index (χ0) is 12.2. The molecule has 0 aromatic heterocycles. The first-order chi connectivity index (χ1) is 7.44. The van der Waals surface area contributed by atoms with E-state index in [9.17, 15) is 0 Å². The van der Waals surface area contributed by atoms with E-state index in [1.54, 1.807) is 0 Å². The van der Waals surface area contributed by atoms with Crippen LogP contribution in [0.5, 0.6) is 0 Å². The van der Waals surface area contributed by atoms with Gasteiger partial charge in [-0.2, -0.15) is 9.05 Å². The van der Waals surface area contributed by atoms with Crippen molar-refractivity contribution in [2.24, 2.45) is 0 Å². The summed E-state index contributed by atoms with van der Waals surface area (Å²) in [5, 5.41) is 1.16. The molecule has 1 rings (SSSR count). The maximum atomic E-state index is 6.02. The Morgan fingerprint density at radius 3 is 1.69 bits per heavy atom. The van der Waals surface area contributed by atoms with Gasteiger partial charge in [-0.3, -0.25) is 0 Å². The van der Waals surface area contributed by atoms with Crippen LogP contribution in [0.15, 0.2) is 30.3 Å². The molecule has 0 aliphatic carbocycles. The molecule has 0 saturated heterocycles. The highest BCUT2D eigenvalue weighted by Crippen LogP contribution is 2.57. The molecular formula is C13H22O2P+. The van der Waals surface area contributed by atoms with E-state index in [0.29, 0.717) is 0 Å². The maximum Gasteiger partial charge on any atom is 0.304 e. The van der Waals surface area contributed by atoms with Gasteiger partial charge < -0.3 is 0 Å². The molecule has 16 heavy (non-hydrogen) atoms. The van der Waals surface area contributed by atoms with Crippen molar-refractivity contribution in [2.45, 2.75) is 39.9 Å². The van der Waals surface area contributed by atoms with Crippen LogP contribution in [0.4, 0.5) is 0 Å². The lowest BCUT2D eigenvalue weighted by molar-refractivity contribution is 0.171. The fraction of sp³-hybridized carbons (Fsp3) is 0.538. The van der Waals surface area contributed by atoms with Crippen LogP contribution in [-0.2, 0) is 9.05 Å². The van der Waals surface area contributed by atoms with Crippen molar-refractivity contribution in [3.05, 3.63) is 30.3 Å². The lowest BCUT2D eigenvalue weighted by Crippen LogP contribution is -2.21. The average molecular weight is 241 g/mol. The SMILES string of the molecule is CC(C)O[P+](C)(OC(C)C)c1ccccc1. The van der Waals surface area contributed by atoms with Crippen LogP contribution >= 0.6 is 7.72 Å². The summed E-state index contributed by atoms with van der Waals surface area (Å²) in [4.78, 5) is 0. The molecule has 3 heteroatoms. The second-order valence-electron chi connectivity index (χ2n) is 4.49. The summed E-state index contributed by atoms with van der Waals surface area (Å²) in [6.07, 6.45) is 0.356. The molecule has 0 N–H and O–H groups in total. The van der Waals surface area contributed by atoms with Crippen molar-refractivity contribution in [1.29, 1.82) is 0 Å². The van der Waals surface area contributed by atoms with Gasteiger partial charge in [0.15, 0.2) is 5.30 Å². The number of benzene rings is 1. The largest absolute Gasteiger partial charge is 0.304 e. The Kier molecular flexibility index (Phi) is 4.91. The quantitative estimate of drug-likeness (QED) is 0.733. The van der Waals surface area contributed by atoms with Crippen LogP contribution in [0.1, 0.15) is 27.7 Å². The molecule has 1 aromatic rings. The minimum Gasteiger partial charge on any atom is -0.199 e. The molecule has 0 radical (unpaired) electrons. The van der Waals surface area contributed by atoms with Gasteiger partial charge in [-0.05, 0) is 39.8 Å². The minimum absolute atomic E-state index is 0.178. The van der Waals surface area contributed by atoms with Gasteiger partial charge in [0, 0.05) is 0 Å². The van der Waals surface area contributed by atoms with Gasteiger partial charge in [0.25, 0.3) is 0 Å². The van der Waals surface area contributed by atoms with Gasteiger partial charge in [0.05, 0.1) is 12.2 Å². The van der Waals surface area contributed by atoms with E-state index in [0.717, 1.165) is 5.30 Å². The van der Waals surface area contributed by atoms with E-state index in [-0.39, 0.29) is 12.2 Å². The van der Waals surface area contributed by atoms with Crippen LogP contribution in [0.3, 0.4) is 0 Å². The Bertz CT molecular complexity index is 299. The number of rotatable bonds is 5. The summed E-state index contributed by atoms with van der Waals surface area (Å²) in [7, 11) is -1.93. The van der Waals surface area contributed by atoms with Crippen LogP contribution in [-0.4, -0.2) is 18.9 Å². The average Bonchev–Trinajstić information content (AvgIpc) is 2.16. The monoisotopic (exact) mass is 241 g/mol. The smallest absolute Gasteiger partial charge is 0.199 e. The Morgan fingerprint density at radius 2 is 1.31 bits per heavy atom. The predicted octanol–water partition coefficient (Wildman–Crippen LogP) is 3.64. The van der Waals surface area contributed by atoms with Crippen LogP contribution in [0.2, 0.25) is 0 Å². The van der Waals surface area contributed by atoms with E-state index in [2.05, 4.69) is 18.8 Å². The van der Waals surface area contributed by atoms with E-state index < -0.39 is 7.72 Å². The first-order valence-corrected chi connectivity index (χ1v) is 7.80. The molecule has 0 bridgehead atoms. The normalized spacial score (nSPS) is 12.4. The molecule has 0 spiro atoms. The highest BCUT2D eigenvalue weighted by molar-refractivity contribution is 7.73. The van der Waals surface area contributed by atoms with Crippen molar-refractivity contribution >= 4 is 13.0 Å². The lowest BCUT2D eigenvalue weighted by atomic mass is 10.4. The summed E-state index contributed by atoms with van der Waals surface area (Å²) in [6, 6.07) is 10.2. The molecule has 0 aliphatic rings. The molecule has 0 saturated carbocycles. The van der Waals surface area contributed by atoms with Gasteiger partial charge in [-0.1, -0.05) is 18.2 Å². The Labute approximate surface area is 99.5 Å². The summed E-state index contributed by atoms with van der Waals surface area (Å²) in [6.45, 7) is 10.3. The highest BCUT2D eigenvalue weighted by atomic mass is 31.2. The first-order valence-electron chi connectivity index (χ1n) is 5.73. The Balaban J connectivity index is 2.95. The molecule has 2 nitrogen and oxygen atoms in total. The van der Waals surface area contributed by atoms with Gasteiger partial charge in [-0.25, -0.2) is 0 Å². The topological polar surface area (TPSA) is 18.5 Å². The third-order valence-corrected chi connectivity index (χ3v) is 4.93. The molecule has 0 heterocycles. The maximum absolute atomic E-state index is 6.02. The standard InChI is InChI=1S/C13H22O2P/c1-11(2)14-16(5,15-12(3)4)13-9-7-6-8-10-13/h6-12H,1-5H3/q+1. The summed E-state index contributed by atoms with van der Waals surface area (Å²) in [5.74, 6) is 0. The van der Waals surface area contributed by atoms with E-state index in [1.807, 2.05) is 45.9 Å². The van der Waals surface area contributed by atoms with Gasteiger partial charge >= 0.3 is 7.72 Å². The zero-order valence-electron chi connectivity index (χ0n) is 10.8. The number of hydrogen-bond acceptors (Lipinski definition) is 2. The van der Waals surface area contributed by atoms with Crippen LogP contribution < -0.4 is 5.30 Å². The van der Waals surface area contributed by atoms with Crippen molar-refractivity contribution in [1.82, 2.24) is 0 Å². The van der Waals surface area contributed by atoms with Crippen LogP contribution in [0, 0.1) is 0 Å². The summed E-state index contributed by atoms with van der Waals surface area (Å²) < 4.78 is 12.0. The van der Waals surface area contributed by atoms with Crippen LogP contribution in [0.25, 0.3) is 0 Å². The molecule has 90 valence electrons. The number of hydrogen-bond donors (Lipinski definition) is 0. The second-order valence-corrected chi connectivity index (χ2v) is 7.12. The van der Waals surface area contributed by atoms with Gasteiger partial charge in [0.1, 0.15) is 6.66 Å². The van der Waals surface area contributed by atoms with Crippen molar-refractivity contribution in [2.75, 3.05) is 6.66 Å². The summed E-state index contributed by atoms with van der Waals surface area (Å²) >= 11 is 0. The lowest BCUT2D eigenvalue weighted by Gasteiger charge is -2.23. The van der Waals surface area contributed by atoms with Crippen molar-refractivity contribution in [3.63, 3.8) is 0 Å². The second kappa shape index (κ2) is 5.77. The van der Waals surface area contributed by atoms with E-state index in [1.165, 1.54) is 0 Å². The fourth-order valence-corrected chi connectivity index (χ4v) is 4.27. The molecule has 1 aromatic carbocycles. The minimum atomic E-state index is -1.93. The van der Waals surface area contributed by atoms with E-state index >= 15 is 0 Å². The molecular weight excluding hydrogens is 219 g/mol. The third kappa shape index (κ3) is 3.86. The third-order valence-electron chi connectivity index (χ3n) is 2.05. The van der Waals surface area contributed by atoms with Gasteiger partial charge in [-0.15, -0.1) is 0 Å². The summed E-state index contributed by atoms with van der Waals surface area (Å²) in [5.41, 5.74) is 0. The first kappa shape index (κ1) is 13.6. The Morgan fingerprint density at radius 1 is 0.875 bits per heavy atom.